The fourth-order valence-corrected chi connectivity index (χ4v) is 1.96. The number of phenolic OH excluding ortho intramolecular Hbond substituents is 4. The number of hydrogen-bond acceptors (Lipinski definition) is 6. The normalized spacial score (nSPS) is 12.2. The SMILES string of the molecule is CC(C)(CN=Cc1cccc(O)c1O)N=Cc1cccc(O)c1O. The lowest BCUT2D eigenvalue weighted by molar-refractivity contribution is 0.403. The standard InChI is InChI=1S/C18H20N2O4/c1-18(2,20-10-13-6-4-8-15(22)17(13)24)11-19-9-12-5-3-7-14(21)16(12)23/h3-10,21-24H,11H2,1-2H3. The summed E-state index contributed by atoms with van der Waals surface area (Å²) in [7, 11) is 0. The Morgan fingerprint density at radius 2 is 1.33 bits per heavy atom. The van der Waals surface area contributed by atoms with Gasteiger partial charge in [0, 0.05) is 23.6 Å². The molecule has 0 atom stereocenters. The summed E-state index contributed by atoms with van der Waals surface area (Å²) in [6.45, 7) is 4.06. The Bertz CT molecular complexity index is 783. The second kappa shape index (κ2) is 7.04. The molecule has 0 saturated heterocycles. The van der Waals surface area contributed by atoms with Crippen LogP contribution in [-0.2, 0) is 0 Å². The first-order chi connectivity index (χ1) is 11.3. The van der Waals surface area contributed by atoms with Crippen LogP contribution in [0, 0.1) is 0 Å². The van der Waals surface area contributed by atoms with Gasteiger partial charge in [0.05, 0.1) is 12.1 Å². The van der Waals surface area contributed by atoms with E-state index in [1.54, 1.807) is 24.3 Å². The van der Waals surface area contributed by atoms with Crippen LogP contribution in [0.2, 0.25) is 0 Å². The molecule has 2 aromatic rings. The summed E-state index contributed by atoms with van der Waals surface area (Å²) in [6, 6.07) is 9.30. The molecule has 0 aliphatic rings. The van der Waals surface area contributed by atoms with Gasteiger partial charge in [0.1, 0.15) is 0 Å². The summed E-state index contributed by atoms with van der Waals surface area (Å²) < 4.78 is 0. The van der Waals surface area contributed by atoms with Gasteiger partial charge in [-0.2, -0.15) is 0 Å². The van der Waals surface area contributed by atoms with Crippen LogP contribution in [0.4, 0.5) is 0 Å². The van der Waals surface area contributed by atoms with E-state index in [1.807, 2.05) is 13.8 Å². The van der Waals surface area contributed by atoms with Crippen molar-refractivity contribution in [1.82, 2.24) is 0 Å². The van der Waals surface area contributed by atoms with Crippen LogP contribution < -0.4 is 0 Å². The minimum Gasteiger partial charge on any atom is -0.504 e. The third-order valence-corrected chi connectivity index (χ3v) is 3.35. The number of phenols is 4. The Kier molecular flexibility index (Phi) is 5.08. The van der Waals surface area contributed by atoms with Crippen molar-refractivity contribution in [1.29, 1.82) is 0 Å². The summed E-state index contributed by atoms with van der Waals surface area (Å²) in [5.74, 6) is -0.831. The van der Waals surface area contributed by atoms with E-state index in [9.17, 15) is 20.4 Å². The van der Waals surface area contributed by atoms with Gasteiger partial charge in [0.25, 0.3) is 0 Å². The molecule has 0 heterocycles. The summed E-state index contributed by atoms with van der Waals surface area (Å²) in [5.41, 5.74) is 0.277. The maximum Gasteiger partial charge on any atom is 0.166 e. The average molecular weight is 328 g/mol. The van der Waals surface area contributed by atoms with E-state index < -0.39 is 5.54 Å². The number of aliphatic imine (C=N–C) groups is 2. The van der Waals surface area contributed by atoms with Crippen molar-refractivity contribution in [3.63, 3.8) is 0 Å². The summed E-state index contributed by atoms with van der Waals surface area (Å²) >= 11 is 0. The Balaban J connectivity index is 2.08. The molecule has 0 unspecified atom stereocenters. The van der Waals surface area contributed by atoms with E-state index >= 15 is 0 Å². The topological polar surface area (TPSA) is 106 Å². The van der Waals surface area contributed by atoms with Crippen molar-refractivity contribution >= 4 is 12.4 Å². The first-order valence-corrected chi connectivity index (χ1v) is 7.37. The van der Waals surface area contributed by atoms with E-state index in [1.165, 1.54) is 24.6 Å². The molecule has 2 aromatic carbocycles. The van der Waals surface area contributed by atoms with E-state index in [2.05, 4.69) is 9.98 Å². The van der Waals surface area contributed by atoms with Crippen LogP contribution in [0.3, 0.4) is 0 Å². The highest BCUT2D eigenvalue weighted by Crippen LogP contribution is 2.28. The van der Waals surface area contributed by atoms with Crippen LogP contribution in [0.25, 0.3) is 0 Å². The minimum atomic E-state index is -0.555. The maximum atomic E-state index is 9.75. The van der Waals surface area contributed by atoms with Gasteiger partial charge < -0.3 is 20.4 Å². The van der Waals surface area contributed by atoms with Crippen molar-refractivity contribution in [2.24, 2.45) is 9.98 Å². The largest absolute Gasteiger partial charge is 0.504 e. The molecule has 0 spiro atoms. The molecule has 6 nitrogen and oxygen atoms in total. The van der Waals surface area contributed by atoms with Crippen molar-refractivity contribution in [3.8, 4) is 23.0 Å². The third-order valence-electron chi connectivity index (χ3n) is 3.35. The average Bonchev–Trinajstić information content (AvgIpc) is 2.53. The Morgan fingerprint density at radius 3 is 1.88 bits per heavy atom. The zero-order valence-electron chi connectivity index (χ0n) is 13.5. The summed E-state index contributed by atoms with van der Waals surface area (Å²) in [4.78, 5) is 8.62. The van der Waals surface area contributed by atoms with Gasteiger partial charge in [-0.15, -0.1) is 0 Å². The van der Waals surface area contributed by atoms with Crippen LogP contribution in [0.1, 0.15) is 25.0 Å². The molecule has 0 aliphatic heterocycles. The second-order valence-corrected chi connectivity index (χ2v) is 5.97. The first kappa shape index (κ1) is 17.3. The second-order valence-electron chi connectivity index (χ2n) is 5.97. The fourth-order valence-electron chi connectivity index (χ4n) is 1.96. The zero-order valence-corrected chi connectivity index (χ0v) is 13.5. The summed E-state index contributed by atoms with van der Waals surface area (Å²) in [5, 5.41) is 38.4. The fraction of sp³-hybridized carbons (Fsp3) is 0.222. The zero-order chi connectivity index (χ0) is 17.7. The highest BCUT2D eigenvalue weighted by Gasteiger charge is 2.15. The lowest BCUT2D eigenvalue weighted by atomic mass is 10.1. The monoisotopic (exact) mass is 328 g/mol. The number of benzene rings is 2. The Morgan fingerprint density at radius 1 is 0.833 bits per heavy atom. The molecule has 0 saturated carbocycles. The van der Waals surface area contributed by atoms with Crippen LogP contribution in [0.5, 0.6) is 23.0 Å². The molecule has 0 aromatic heterocycles. The van der Waals surface area contributed by atoms with Gasteiger partial charge in [-0.05, 0) is 38.1 Å². The molecular weight excluding hydrogens is 308 g/mol. The highest BCUT2D eigenvalue weighted by atomic mass is 16.3. The number of rotatable bonds is 5. The van der Waals surface area contributed by atoms with Gasteiger partial charge in [-0.1, -0.05) is 12.1 Å². The molecule has 0 aliphatic carbocycles. The highest BCUT2D eigenvalue weighted by molar-refractivity contribution is 5.85. The number of para-hydroxylation sites is 2. The van der Waals surface area contributed by atoms with Crippen LogP contribution >= 0.6 is 0 Å². The van der Waals surface area contributed by atoms with Gasteiger partial charge in [0.15, 0.2) is 23.0 Å². The Hall–Kier alpha value is -3.02. The number of nitrogens with zero attached hydrogens (tertiary/aromatic N) is 2. The smallest absolute Gasteiger partial charge is 0.166 e. The Labute approximate surface area is 140 Å². The molecule has 6 heteroatoms. The first-order valence-electron chi connectivity index (χ1n) is 7.37. The maximum absolute atomic E-state index is 9.75. The number of aromatic hydroxyl groups is 4. The lowest BCUT2D eigenvalue weighted by Crippen LogP contribution is -2.21. The van der Waals surface area contributed by atoms with Crippen LogP contribution in [0.15, 0.2) is 46.4 Å². The van der Waals surface area contributed by atoms with E-state index in [0.29, 0.717) is 17.7 Å². The number of hydrogen-bond donors (Lipinski definition) is 4. The molecule has 0 amide bonds. The predicted octanol–water partition coefficient (Wildman–Crippen LogP) is 2.83. The van der Waals surface area contributed by atoms with Gasteiger partial charge in [-0.3, -0.25) is 9.98 Å². The van der Waals surface area contributed by atoms with Gasteiger partial charge in [0.2, 0.25) is 0 Å². The van der Waals surface area contributed by atoms with Crippen molar-refractivity contribution in [2.45, 2.75) is 19.4 Å². The molecule has 0 radical (unpaired) electrons. The van der Waals surface area contributed by atoms with E-state index in [0.717, 1.165) is 0 Å². The van der Waals surface area contributed by atoms with Crippen LogP contribution in [-0.4, -0.2) is 44.9 Å². The van der Waals surface area contributed by atoms with Gasteiger partial charge >= 0.3 is 0 Å². The van der Waals surface area contributed by atoms with E-state index in [-0.39, 0.29) is 23.0 Å². The summed E-state index contributed by atoms with van der Waals surface area (Å²) in [6.07, 6.45) is 2.95. The van der Waals surface area contributed by atoms with Crippen molar-refractivity contribution < 1.29 is 20.4 Å². The molecular formula is C18H20N2O4. The molecule has 2 rings (SSSR count). The molecule has 0 fully saturated rings. The quantitative estimate of drug-likeness (QED) is 0.500. The molecule has 126 valence electrons. The third kappa shape index (κ3) is 4.25. The molecule has 4 N–H and O–H groups in total. The molecule has 0 bridgehead atoms. The predicted molar refractivity (Wildman–Crippen MR) is 93.7 cm³/mol. The lowest BCUT2D eigenvalue weighted by Gasteiger charge is -2.16. The van der Waals surface area contributed by atoms with Gasteiger partial charge in [-0.25, -0.2) is 0 Å². The minimum absolute atomic E-state index is 0.199. The van der Waals surface area contributed by atoms with Crippen molar-refractivity contribution in [2.75, 3.05) is 6.54 Å². The molecule has 24 heavy (non-hydrogen) atoms. The van der Waals surface area contributed by atoms with Crippen molar-refractivity contribution in [3.05, 3.63) is 47.5 Å². The van der Waals surface area contributed by atoms with E-state index in [4.69, 9.17) is 0 Å².